The minimum Gasteiger partial charge on any atom is -0.460 e. The number of nitrogens with one attached hydrogen (secondary N) is 5. The van der Waals surface area contributed by atoms with Crippen LogP contribution in [-0.4, -0.2) is 182 Å². The van der Waals surface area contributed by atoms with Gasteiger partial charge in [0, 0.05) is 117 Å². The second kappa shape index (κ2) is 50.6. The van der Waals surface area contributed by atoms with Gasteiger partial charge in [-0.1, -0.05) is 54.5 Å². The monoisotopic (exact) mass is 1920 g/mol. The zero-order valence-electron chi connectivity index (χ0n) is 86.6. The highest BCUT2D eigenvalue weighted by molar-refractivity contribution is 6.01. The van der Waals surface area contributed by atoms with Gasteiger partial charge in [-0.05, 0) is 304 Å². The van der Waals surface area contributed by atoms with Gasteiger partial charge in [0.05, 0.1) is 23.9 Å². The van der Waals surface area contributed by atoms with E-state index in [9.17, 15) is 47.9 Å². The summed E-state index contributed by atoms with van der Waals surface area (Å²) in [5.74, 6) is -10.2. The van der Waals surface area contributed by atoms with Crippen molar-refractivity contribution in [1.82, 2.24) is 21.3 Å². The molecule has 32 nitrogen and oxygen atoms in total. The molecule has 1 unspecified atom stereocenters. The van der Waals surface area contributed by atoms with Gasteiger partial charge in [-0.25, -0.2) is 4.79 Å². The van der Waals surface area contributed by atoms with Crippen LogP contribution in [0.25, 0.3) is 11.1 Å². The molecule has 764 valence electrons. The topological polar surface area (TPSA) is 444 Å². The van der Waals surface area contributed by atoms with E-state index in [4.69, 9.17) is 64.3 Å². The maximum Gasteiger partial charge on any atom is 0.411 e. The quantitative estimate of drug-likeness (QED) is 0.00763. The molecule has 3 aromatic carbocycles. The van der Waals surface area contributed by atoms with Gasteiger partial charge in [0.25, 0.3) is 0 Å². The minimum atomic E-state index is -2.09. The minimum absolute atomic E-state index is 0.0210. The Hall–Kier alpha value is -11.0. The molecular formula is C105H158N6O26. The predicted molar refractivity (Wildman–Crippen MR) is 519 cm³/mol. The molecule has 3 aromatic rings. The van der Waals surface area contributed by atoms with Crippen LogP contribution < -0.4 is 32.3 Å². The lowest BCUT2D eigenvalue weighted by Crippen LogP contribution is -2.55. The highest BCUT2D eigenvalue weighted by atomic mass is 16.6. The lowest BCUT2D eigenvalue weighted by Gasteiger charge is -2.40. The number of carbonyl (C=O) groups excluding carboxylic acids is 15. The first-order valence-corrected chi connectivity index (χ1v) is 47.6. The van der Waals surface area contributed by atoms with Crippen LogP contribution in [0.1, 0.15) is 375 Å². The number of Topliss-reactive ketones (excluding diaryl/α,β-unsaturated/α-hetero) is 1. The molecule has 0 fully saturated rings. The van der Waals surface area contributed by atoms with Gasteiger partial charge in [-0.3, -0.25) is 72.4 Å². The van der Waals surface area contributed by atoms with Crippen LogP contribution in [-0.2, 0) is 114 Å². The Bertz CT molecular complexity index is 4130. The fourth-order valence-electron chi connectivity index (χ4n) is 15.8. The van der Waals surface area contributed by atoms with Crippen molar-refractivity contribution in [1.29, 1.82) is 0 Å². The molecule has 0 aliphatic heterocycles. The fourth-order valence-corrected chi connectivity index (χ4v) is 15.8. The van der Waals surface area contributed by atoms with Crippen molar-refractivity contribution in [3.8, 4) is 23.5 Å². The molecule has 32 heteroatoms. The van der Waals surface area contributed by atoms with Crippen LogP contribution in [0.5, 0.6) is 0 Å². The predicted octanol–water partition coefficient (Wildman–Crippen LogP) is 17.3. The van der Waals surface area contributed by atoms with Crippen molar-refractivity contribution in [3.05, 3.63) is 83.4 Å². The van der Waals surface area contributed by atoms with Gasteiger partial charge in [0.1, 0.15) is 63.6 Å². The summed E-state index contributed by atoms with van der Waals surface area (Å²) in [4.78, 5) is 219. The number of benzene rings is 3. The molecule has 0 heterocycles. The number of terminal acetylenes is 1. The van der Waals surface area contributed by atoms with Crippen LogP contribution in [0.15, 0.2) is 66.7 Å². The summed E-state index contributed by atoms with van der Waals surface area (Å²) in [5.41, 5.74) is -5.88. The lowest BCUT2D eigenvalue weighted by atomic mass is 9.80. The first-order valence-electron chi connectivity index (χ1n) is 47.6. The Morgan fingerprint density at radius 2 is 0.591 bits per heavy atom. The molecule has 0 spiro atoms. The van der Waals surface area contributed by atoms with Crippen molar-refractivity contribution in [2.24, 2.45) is 5.92 Å². The van der Waals surface area contributed by atoms with Crippen LogP contribution in [0.3, 0.4) is 0 Å². The third kappa shape index (κ3) is 47.8. The molecule has 5 amide bonds. The standard InChI is InChI=1S/C105H158N6O26/c1-29-64-127-67-70(66-78(112)69-38-39-76(106)77(65-69)107-92(126)128-68-75-73-36-32-30-34-71(73)72-35-31-33-37-74(72)75)91(125)111-105(52-40-79(113)108-102(55-43-82(116)129-93(2,3)4,56-44-83(117)130-94(5,6)7)57-45-84(118)131-95(8,9)10,53-41-80(114)109-103(58-46-85(119)132-96(11,12)13,59-47-86(120)133-97(14,15)16)60-48-87(121)134-98(17,18)19)54-42-81(115)110-104(61-49-88(122)135-99(20,21)22,62-50-89(123)136-100(23,24)25)63-51-90(124)137-101(26,27)28/h1,30-39,65,70,75H,40-64,66-68,106H2,2-28H3,(H,107,126)(H,108,113)(H,109,114)(H,110,115)(H,111,125). The number of anilines is 2. The van der Waals surface area contributed by atoms with E-state index in [1.807, 2.05) is 48.5 Å². The Balaban J connectivity index is 2.19. The molecule has 1 atom stereocenters. The smallest absolute Gasteiger partial charge is 0.411 e. The molecule has 0 saturated carbocycles. The molecule has 7 N–H and O–H groups in total. The van der Waals surface area contributed by atoms with Gasteiger partial charge in [0.2, 0.25) is 23.6 Å². The van der Waals surface area contributed by atoms with E-state index in [1.54, 1.807) is 187 Å². The van der Waals surface area contributed by atoms with Crippen LogP contribution >= 0.6 is 0 Å². The number of carbonyl (C=O) groups is 15. The Labute approximate surface area is 811 Å². The summed E-state index contributed by atoms with van der Waals surface area (Å²) in [6.45, 7) is 43.7. The first kappa shape index (κ1) is 118. The molecule has 0 radical (unpaired) electrons. The summed E-state index contributed by atoms with van der Waals surface area (Å²) < 4.78 is 63.9. The van der Waals surface area contributed by atoms with E-state index in [-0.39, 0.29) is 145 Å². The lowest BCUT2D eigenvalue weighted by molar-refractivity contribution is -0.158. The van der Waals surface area contributed by atoms with Crippen molar-refractivity contribution in [2.45, 2.75) is 426 Å². The average molecular weight is 1920 g/mol. The maximum absolute atomic E-state index is 16.4. The van der Waals surface area contributed by atoms with E-state index >= 15 is 24.0 Å². The van der Waals surface area contributed by atoms with E-state index in [1.165, 1.54) is 18.2 Å². The van der Waals surface area contributed by atoms with E-state index in [0.29, 0.717) is 0 Å². The molecule has 0 aromatic heterocycles. The normalized spacial score (nSPS) is 13.2. The first-order chi connectivity index (χ1) is 62.8. The molecular weight excluding hydrogens is 1760 g/mol. The van der Waals surface area contributed by atoms with Gasteiger partial charge >= 0.3 is 59.8 Å². The maximum atomic E-state index is 16.4. The average Bonchev–Trinajstić information content (AvgIpc) is 1.61. The second-order valence-electron chi connectivity index (χ2n) is 44.8. The second-order valence-corrected chi connectivity index (χ2v) is 44.8. The third-order valence-corrected chi connectivity index (χ3v) is 21.4. The number of ether oxygens (including phenoxy) is 11. The fraction of sp³-hybridized carbons (Fsp3) is 0.667. The number of rotatable bonds is 50. The van der Waals surface area contributed by atoms with Gasteiger partial charge in [-0.15, -0.1) is 6.42 Å². The van der Waals surface area contributed by atoms with Gasteiger partial charge in [0.15, 0.2) is 5.78 Å². The van der Waals surface area contributed by atoms with Crippen molar-refractivity contribution < 1.29 is 124 Å². The number of fused-ring (bicyclic) bond motifs is 3. The Morgan fingerprint density at radius 1 is 0.343 bits per heavy atom. The van der Waals surface area contributed by atoms with Crippen LogP contribution in [0.4, 0.5) is 16.2 Å². The summed E-state index contributed by atoms with van der Waals surface area (Å²) in [6, 6.07) is 19.6. The zero-order chi connectivity index (χ0) is 104. The number of esters is 9. The third-order valence-electron chi connectivity index (χ3n) is 21.4. The number of ketones is 1. The molecule has 1 aliphatic rings. The molecule has 1 aliphatic carbocycles. The summed E-state index contributed by atoms with van der Waals surface area (Å²) >= 11 is 0. The van der Waals surface area contributed by atoms with Crippen molar-refractivity contribution >= 4 is 101 Å². The van der Waals surface area contributed by atoms with Crippen LogP contribution in [0, 0.1) is 18.3 Å². The van der Waals surface area contributed by atoms with E-state index < -0.39 is 226 Å². The number of nitrogen functional groups attached to an aromatic ring is 1. The number of hydrogen-bond donors (Lipinski definition) is 6. The number of amides is 5. The highest BCUT2D eigenvalue weighted by Crippen LogP contribution is 2.45. The van der Waals surface area contributed by atoms with Crippen molar-refractivity contribution in [2.75, 3.05) is 30.9 Å². The summed E-state index contributed by atoms with van der Waals surface area (Å²) in [6.07, 6.45) is -5.39. The highest BCUT2D eigenvalue weighted by Gasteiger charge is 2.44. The summed E-state index contributed by atoms with van der Waals surface area (Å²) in [7, 11) is 0. The molecule has 0 saturated heterocycles. The Kier molecular flexibility index (Phi) is 43.7. The number of nitrogens with two attached hydrogens (primary N) is 1. The zero-order valence-corrected chi connectivity index (χ0v) is 86.6. The van der Waals surface area contributed by atoms with Gasteiger partial charge in [-0.2, -0.15) is 0 Å². The van der Waals surface area contributed by atoms with E-state index in [2.05, 4.69) is 32.5 Å². The SMILES string of the molecule is C#CCOCC(CC(=O)c1ccc(N)c(NC(=O)OCC2c3ccccc3-c3ccccc32)c1)C(=O)NC(CCC(=O)NC(CCC(=O)OC(C)(C)C)(CCC(=O)OC(C)(C)C)CCC(=O)OC(C)(C)C)(CCC(=O)NC(CCC(=O)OC(C)(C)C)(CCC(=O)OC(C)(C)C)CCC(=O)OC(C)(C)C)CCC(=O)NC(CCC(=O)OC(C)(C)C)(CCC(=O)OC(C)(C)C)CCC(=O)OC(C)(C)C. The van der Waals surface area contributed by atoms with Crippen molar-refractivity contribution in [3.63, 3.8) is 0 Å². The molecule has 4 rings (SSSR count). The molecule has 137 heavy (non-hydrogen) atoms. The largest absolute Gasteiger partial charge is 0.460 e. The molecule has 0 bridgehead atoms. The Morgan fingerprint density at radius 3 is 0.847 bits per heavy atom. The van der Waals surface area contributed by atoms with E-state index in [0.717, 1.165) is 22.3 Å². The van der Waals surface area contributed by atoms with Crippen LogP contribution in [0.2, 0.25) is 0 Å². The summed E-state index contributed by atoms with van der Waals surface area (Å²) in [5, 5.41) is 15.0. The number of hydrogen-bond acceptors (Lipinski definition) is 27. The van der Waals surface area contributed by atoms with Gasteiger partial charge < -0.3 is 79.1 Å².